The first kappa shape index (κ1) is 33.2. The van der Waals surface area contributed by atoms with E-state index in [0.717, 1.165) is 22.7 Å². The highest BCUT2D eigenvalue weighted by molar-refractivity contribution is 7.27. The van der Waals surface area contributed by atoms with E-state index in [1.54, 1.807) is 0 Å². The molecule has 0 atom stereocenters. The number of rotatable bonds is 5. The van der Waals surface area contributed by atoms with E-state index in [4.69, 9.17) is 0 Å². The summed E-state index contributed by atoms with van der Waals surface area (Å²) in [5.74, 6) is 0. The minimum Gasteiger partial charge on any atom is -0.310 e. The maximum Gasteiger partial charge on any atom is 0.0726 e. The number of aromatic nitrogens is 1. The lowest BCUT2D eigenvalue weighted by Gasteiger charge is -2.28. The Kier molecular flexibility index (Phi) is 7.18. The average Bonchev–Trinajstić information content (AvgIpc) is 3.91. The van der Waals surface area contributed by atoms with Crippen LogP contribution in [0, 0.1) is 0 Å². The minimum atomic E-state index is -0.119. The van der Waals surface area contributed by atoms with Crippen LogP contribution >= 0.6 is 11.3 Å². The molecule has 0 aliphatic heterocycles. The highest BCUT2D eigenvalue weighted by Crippen LogP contribution is 2.52. The van der Waals surface area contributed by atoms with Crippen molar-refractivity contribution in [2.75, 3.05) is 4.90 Å². The molecule has 9 aromatic carbocycles. The largest absolute Gasteiger partial charge is 0.310 e. The maximum absolute atomic E-state index is 2.51. The summed E-state index contributed by atoms with van der Waals surface area (Å²) in [6, 6.07) is 71.7. The monoisotopic (exact) mass is 758 g/mol. The fraction of sp³-hybridized carbons (Fsp3) is 0.0545. The number of benzene rings is 9. The predicted octanol–water partition coefficient (Wildman–Crippen LogP) is 15.7. The summed E-state index contributed by atoms with van der Waals surface area (Å²) in [7, 11) is 0. The van der Waals surface area contributed by atoms with Crippen molar-refractivity contribution in [2.45, 2.75) is 19.3 Å². The van der Waals surface area contributed by atoms with Gasteiger partial charge in [0.05, 0.1) is 15.7 Å². The van der Waals surface area contributed by atoms with Crippen LogP contribution in [0.5, 0.6) is 0 Å². The molecular weight excluding hydrogens is 721 g/mol. The van der Waals surface area contributed by atoms with E-state index >= 15 is 0 Å². The Morgan fingerprint density at radius 1 is 0.448 bits per heavy atom. The zero-order chi connectivity index (χ0) is 38.5. The third-order valence-electron chi connectivity index (χ3n) is 12.6. The van der Waals surface area contributed by atoms with Crippen molar-refractivity contribution in [3.8, 4) is 27.9 Å². The van der Waals surface area contributed by atoms with Crippen LogP contribution in [-0.4, -0.2) is 4.57 Å². The van der Waals surface area contributed by atoms with Gasteiger partial charge in [-0.25, -0.2) is 0 Å². The maximum atomic E-state index is 2.51. The highest BCUT2D eigenvalue weighted by Gasteiger charge is 2.36. The van der Waals surface area contributed by atoms with E-state index in [0.29, 0.717) is 0 Å². The van der Waals surface area contributed by atoms with E-state index < -0.39 is 0 Å². The van der Waals surface area contributed by atoms with Crippen molar-refractivity contribution in [3.63, 3.8) is 0 Å². The van der Waals surface area contributed by atoms with E-state index in [-0.39, 0.29) is 5.41 Å². The number of anilines is 3. The molecule has 0 saturated carbocycles. The van der Waals surface area contributed by atoms with E-state index in [1.165, 1.54) is 86.1 Å². The Morgan fingerprint density at radius 3 is 1.83 bits per heavy atom. The Hall–Kier alpha value is -6.94. The van der Waals surface area contributed by atoms with Crippen molar-refractivity contribution >= 4 is 81.1 Å². The number of fused-ring (bicyclic) bond motifs is 13. The number of para-hydroxylation sites is 1. The second kappa shape index (κ2) is 12.5. The van der Waals surface area contributed by atoms with Crippen LogP contribution in [-0.2, 0) is 5.41 Å². The molecule has 0 radical (unpaired) electrons. The van der Waals surface area contributed by atoms with E-state index in [1.807, 2.05) is 11.3 Å². The molecule has 11 aromatic rings. The molecule has 274 valence electrons. The van der Waals surface area contributed by atoms with Gasteiger partial charge >= 0.3 is 0 Å². The summed E-state index contributed by atoms with van der Waals surface area (Å²) >= 11 is 1.91. The third-order valence-corrected chi connectivity index (χ3v) is 13.7. The lowest BCUT2D eigenvalue weighted by Crippen LogP contribution is -2.16. The molecule has 1 aliphatic carbocycles. The van der Waals surface area contributed by atoms with Crippen molar-refractivity contribution in [2.24, 2.45) is 0 Å². The second-order valence-electron chi connectivity index (χ2n) is 16.1. The van der Waals surface area contributed by atoms with Crippen molar-refractivity contribution < 1.29 is 0 Å². The summed E-state index contributed by atoms with van der Waals surface area (Å²) in [6.45, 7) is 4.73. The molecule has 0 unspecified atom stereocenters. The fourth-order valence-electron chi connectivity index (χ4n) is 9.86. The van der Waals surface area contributed by atoms with Gasteiger partial charge in [-0.15, -0.1) is 11.3 Å². The molecule has 2 heterocycles. The van der Waals surface area contributed by atoms with Gasteiger partial charge in [0.2, 0.25) is 0 Å². The van der Waals surface area contributed by atoms with Gasteiger partial charge in [-0.1, -0.05) is 147 Å². The quantitative estimate of drug-likeness (QED) is 0.170. The number of hydrogen-bond acceptors (Lipinski definition) is 2. The van der Waals surface area contributed by atoms with Crippen LogP contribution in [0.15, 0.2) is 194 Å². The first-order chi connectivity index (χ1) is 28.5. The molecule has 3 heteroatoms. The van der Waals surface area contributed by atoms with Crippen LogP contribution in [0.4, 0.5) is 17.1 Å². The Labute approximate surface area is 341 Å². The number of nitrogens with zero attached hydrogens (tertiary/aromatic N) is 2. The molecule has 0 saturated heterocycles. The average molecular weight is 759 g/mol. The molecule has 1 aliphatic rings. The molecule has 58 heavy (non-hydrogen) atoms. The van der Waals surface area contributed by atoms with Gasteiger partial charge in [0, 0.05) is 54.4 Å². The summed E-state index contributed by atoms with van der Waals surface area (Å²) < 4.78 is 5.14. The molecule has 0 amide bonds. The topological polar surface area (TPSA) is 8.17 Å². The van der Waals surface area contributed by atoms with Crippen molar-refractivity contribution in [1.29, 1.82) is 0 Å². The fourth-order valence-corrected chi connectivity index (χ4v) is 11.1. The van der Waals surface area contributed by atoms with Crippen LogP contribution in [0.1, 0.15) is 25.0 Å². The SMILES string of the molecule is CC1(C)c2ccccc2-c2ccc(N(c3ccc(-c4ccccc4)cc3)c3ccc4c(c3)c3c5ccccc5c5c6ccccc6sc5c3n4-c3ccccc3)cc21. The zero-order valence-corrected chi connectivity index (χ0v) is 33.1. The number of hydrogen-bond donors (Lipinski definition) is 0. The predicted molar refractivity (Wildman–Crippen MR) is 249 cm³/mol. The lowest BCUT2D eigenvalue weighted by atomic mass is 9.82. The minimum absolute atomic E-state index is 0.119. The van der Waals surface area contributed by atoms with Crippen LogP contribution in [0.25, 0.3) is 80.7 Å². The Bertz CT molecular complexity index is 3410. The summed E-state index contributed by atoms with van der Waals surface area (Å²) in [5.41, 5.74) is 14.7. The lowest BCUT2D eigenvalue weighted by molar-refractivity contribution is 0.660. The third kappa shape index (κ3) is 4.77. The van der Waals surface area contributed by atoms with Gasteiger partial charge in [-0.05, 0) is 105 Å². The molecule has 0 fully saturated rings. The molecular formula is C55H38N2S. The molecule has 2 aromatic heterocycles. The summed E-state index contributed by atoms with van der Waals surface area (Å²) in [5, 5.41) is 7.77. The highest BCUT2D eigenvalue weighted by atomic mass is 32.1. The van der Waals surface area contributed by atoms with Crippen LogP contribution in [0.3, 0.4) is 0 Å². The van der Waals surface area contributed by atoms with Crippen molar-refractivity contribution in [3.05, 3.63) is 205 Å². The van der Waals surface area contributed by atoms with E-state index in [2.05, 4.69) is 217 Å². The van der Waals surface area contributed by atoms with Crippen LogP contribution in [0.2, 0.25) is 0 Å². The zero-order valence-electron chi connectivity index (χ0n) is 32.3. The van der Waals surface area contributed by atoms with Gasteiger partial charge in [0.1, 0.15) is 0 Å². The normalized spacial score (nSPS) is 13.1. The molecule has 0 bridgehead atoms. The van der Waals surface area contributed by atoms with Gasteiger partial charge in [-0.2, -0.15) is 0 Å². The Morgan fingerprint density at radius 2 is 1.03 bits per heavy atom. The van der Waals surface area contributed by atoms with Gasteiger partial charge < -0.3 is 9.47 Å². The second-order valence-corrected chi connectivity index (χ2v) is 17.1. The summed E-state index contributed by atoms with van der Waals surface area (Å²) in [6.07, 6.45) is 0. The van der Waals surface area contributed by atoms with Gasteiger partial charge in [0.25, 0.3) is 0 Å². The first-order valence-electron chi connectivity index (χ1n) is 20.1. The molecule has 2 nitrogen and oxygen atoms in total. The van der Waals surface area contributed by atoms with Crippen molar-refractivity contribution in [1.82, 2.24) is 4.57 Å². The first-order valence-corrected chi connectivity index (χ1v) is 20.9. The smallest absolute Gasteiger partial charge is 0.0726 e. The van der Waals surface area contributed by atoms with Crippen LogP contribution < -0.4 is 4.90 Å². The molecule has 12 rings (SSSR count). The number of thiophene rings is 1. The molecule has 0 N–H and O–H groups in total. The van der Waals surface area contributed by atoms with Gasteiger partial charge in [0.15, 0.2) is 0 Å². The summed E-state index contributed by atoms with van der Waals surface area (Å²) in [4.78, 5) is 2.46. The molecule has 0 spiro atoms. The standard InChI is InChI=1S/C55H38N2S/c1-55(2)47-23-13-11-19-41(47)42-31-29-40(34-48(42)55)56(38-27-25-36(26-28-38)35-15-5-3-6-16-35)39-30-32-49-46(33-39)51-43-20-9-10-21-44(43)52-45-22-12-14-24-50(45)58-54(52)53(51)57(49)37-17-7-4-8-18-37/h3-34H,1-2H3. The van der Waals surface area contributed by atoms with E-state index in [9.17, 15) is 0 Å². The Balaban J connectivity index is 1.15. The van der Waals surface area contributed by atoms with Gasteiger partial charge in [-0.3, -0.25) is 0 Å².